The zero-order valence-electron chi connectivity index (χ0n) is 20.0. The number of halogens is 1. The van der Waals surface area contributed by atoms with Gasteiger partial charge in [-0.2, -0.15) is 0 Å². The molecule has 0 saturated heterocycles. The van der Waals surface area contributed by atoms with E-state index >= 15 is 0 Å². The van der Waals surface area contributed by atoms with Crippen LogP contribution in [0, 0.1) is 5.82 Å². The molecule has 0 spiro atoms. The van der Waals surface area contributed by atoms with Crippen LogP contribution in [0.25, 0.3) is 0 Å². The number of anilines is 1. The molecular formula is C25H31FN2O5Si. The van der Waals surface area contributed by atoms with Crippen LogP contribution >= 0.6 is 0 Å². The molecule has 1 heterocycles. The minimum Gasteiger partial charge on any atom is -0.497 e. The van der Waals surface area contributed by atoms with Crippen molar-refractivity contribution in [2.75, 3.05) is 19.0 Å². The molecule has 2 amide bonds. The summed E-state index contributed by atoms with van der Waals surface area (Å²) < 4.78 is 20.0. The van der Waals surface area contributed by atoms with Gasteiger partial charge in [-0.25, -0.2) is 4.39 Å². The lowest BCUT2D eigenvalue weighted by molar-refractivity contribution is -0.140. The molecular weight excluding hydrogens is 455 g/mol. The van der Waals surface area contributed by atoms with Crippen LogP contribution in [0.5, 0.6) is 5.75 Å². The monoisotopic (exact) mass is 486 g/mol. The highest BCUT2D eigenvalue weighted by atomic mass is 28.3. The molecule has 34 heavy (non-hydrogen) atoms. The van der Waals surface area contributed by atoms with Gasteiger partial charge in [-0.1, -0.05) is 31.8 Å². The average Bonchev–Trinajstić information content (AvgIpc) is 2.76. The largest absolute Gasteiger partial charge is 0.497 e. The Hall–Kier alpha value is -3.20. The van der Waals surface area contributed by atoms with Gasteiger partial charge >= 0.3 is 5.97 Å². The summed E-state index contributed by atoms with van der Waals surface area (Å²) in [6.45, 7) is 6.45. The van der Waals surface area contributed by atoms with Crippen molar-refractivity contribution in [3.63, 3.8) is 0 Å². The van der Waals surface area contributed by atoms with E-state index in [-0.39, 0.29) is 31.0 Å². The van der Waals surface area contributed by atoms with Gasteiger partial charge in [0.1, 0.15) is 17.6 Å². The fourth-order valence-electron chi connectivity index (χ4n) is 4.23. The molecule has 0 aliphatic carbocycles. The van der Waals surface area contributed by atoms with E-state index in [0.717, 1.165) is 5.56 Å². The Morgan fingerprint density at radius 1 is 1.15 bits per heavy atom. The minimum absolute atomic E-state index is 0.0289. The second-order valence-electron chi connectivity index (χ2n) is 9.49. The molecule has 0 fully saturated rings. The molecule has 0 bridgehead atoms. The van der Waals surface area contributed by atoms with Crippen LogP contribution in [0.1, 0.15) is 36.4 Å². The van der Waals surface area contributed by atoms with Gasteiger partial charge in [-0.15, -0.1) is 0 Å². The second kappa shape index (κ2) is 10.4. The Bertz CT molecular complexity index is 1100. The van der Waals surface area contributed by atoms with Gasteiger partial charge in [0.25, 0.3) is 5.91 Å². The summed E-state index contributed by atoms with van der Waals surface area (Å²) in [5.41, 5.74) is 1.90. The normalized spacial score (nSPS) is 15.4. The number of carbonyl (C=O) groups excluding carboxylic acids is 2. The first-order valence-corrected chi connectivity index (χ1v) is 14.8. The molecule has 2 aromatic carbocycles. The van der Waals surface area contributed by atoms with Crippen LogP contribution < -0.4 is 15.2 Å². The molecule has 3 rings (SSSR count). The number of hydrogen-bond donors (Lipinski definition) is 2. The number of carboxylic acids is 1. The maximum atomic E-state index is 14.7. The van der Waals surface area contributed by atoms with E-state index in [9.17, 15) is 18.8 Å². The van der Waals surface area contributed by atoms with E-state index in [2.05, 4.69) is 5.32 Å². The van der Waals surface area contributed by atoms with Gasteiger partial charge < -0.3 is 20.1 Å². The Balaban J connectivity index is 1.89. The topological polar surface area (TPSA) is 95.9 Å². The Kier molecular flexibility index (Phi) is 7.76. The summed E-state index contributed by atoms with van der Waals surface area (Å²) in [5.74, 6) is -1.40. The van der Waals surface area contributed by atoms with Gasteiger partial charge in [-0.05, 0) is 53.4 Å². The van der Waals surface area contributed by atoms with Gasteiger partial charge in [-0.3, -0.25) is 14.4 Å². The maximum absolute atomic E-state index is 14.7. The molecule has 1 atom stereocenters. The first-order valence-electron chi connectivity index (χ1n) is 11.3. The van der Waals surface area contributed by atoms with E-state index < -0.39 is 26.0 Å². The fourth-order valence-corrected chi connectivity index (χ4v) is 5.60. The number of ether oxygens (including phenoxy) is 1. The number of rotatable bonds is 8. The highest BCUT2D eigenvalue weighted by molar-refractivity contribution is 6.88. The summed E-state index contributed by atoms with van der Waals surface area (Å²) >= 11 is 0. The summed E-state index contributed by atoms with van der Waals surface area (Å²) in [6.07, 6.45) is 0.645. The number of aliphatic carboxylic acids is 1. The van der Waals surface area contributed by atoms with Crippen molar-refractivity contribution in [2.45, 2.75) is 51.4 Å². The standard InChI is InChI=1S/C25H31FN2O5Si/c1-33-18-9-10-19-16(14-18)12-13-28(22(29)6-5-7-23(30)31)24(19)25(32)27-17-8-11-21(20(26)15-17)34(2,3)4/h8-11,14-15,24H,5-7,12-13H2,1-4H3,(H,27,32)(H,30,31)/t24-/m1/s1. The predicted octanol–water partition coefficient (Wildman–Crippen LogP) is 3.70. The second-order valence-corrected chi connectivity index (χ2v) is 14.5. The number of carbonyl (C=O) groups is 3. The van der Waals surface area contributed by atoms with E-state index in [0.29, 0.717) is 35.2 Å². The van der Waals surface area contributed by atoms with Crippen molar-refractivity contribution in [1.29, 1.82) is 0 Å². The van der Waals surface area contributed by atoms with Gasteiger partial charge in [0.15, 0.2) is 0 Å². The lowest BCUT2D eigenvalue weighted by Gasteiger charge is -2.36. The van der Waals surface area contributed by atoms with Crippen molar-refractivity contribution in [2.24, 2.45) is 0 Å². The summed E-state index contributed by atoms with van der Waals surface area (Å²) in [4.78, 5) is 38.7. The van der Waals surface area contributed by atoms with Crippen LogP contribution in [0.4, 0.5) is 10.1 Å². The summed E-state index contributed by atoms with van der Waals surface area (Å²) in [5, 5.41) is 12.3. The first-order chi connectivity index (χ1) is 16.0. The average molecular weight is 487 g/mol. The molecule has 2 N–H and O–H groups in total. The number of hydrogen-bond acceptors (Lipinski definition) is 4. The zero-order chi connectivity index (χ0) is 25.0. The molecule has 0 aromatic heterocycles. The molecule has 182 valence electrons. The van der Waals surface area contributed by atoms with Crippen molar-refractivity contribution in [3.05, 3.63) is 53.3 Å². The number of benzene rings is 2. The van der Waals surface area contributed by atoms with Crippen molar-refractivity contribution in [1.82, 2.24) is 4.90 Å². The number of amides is 2. The van der Waals surface area contributed by atoms with Crippen LogP contribution in [0.2, 0.25) is 19.6 Å². The Morgan fingerprint density at radius 3 is 2.50 bits per heavy atom. The van der Waals surface area contributed by atoms with Crippen molar-refractivity contribution < 1.29 is 28.6 Å². The number of nitrogens with one attached hydrogen (secondary N) is 1. The fraction of sp³-hybridized carbons (Fsp3) is 0.400. The molecule has 0 radical (unpaired) electrons. The SMILES string of the molecule is COc1ccc2c(c1)CCN(C(=O)CCCC(=O)O)[C@H]2C(=O)Nc1ccc([Si](C)(C)C)c(F)c1. The third kappa shape index (κ3) is 5.83. The minimum atomic E-state index is -1.87. The van der Waals surface area contributed by atoms with Gasteiger partial charge in [0.2, 0.25) is 5.91 Å². The molecule has 1 aliphatic rings. The Morgan fingerprint density at radius 2 is 1.88 bits per heavy atom. The number of nitrogens with zero attached hydrogens (tertiary/aromatic N) is 1. The smallest absolute Gasteiger partial charge is 0.303 e. The third-order valence-corrected chi connectivity index (χ3v) is 7.99. The van der Waals surface area contributed by atoms with E-state index in [1.54, 1.807) is 31.4 Å². The highest BCUT2D eigenvalue weighted by Gasteiger charge is 2.36. The predicted molar refractivity (Wildman–Crippen MR) is 131 cm³/mol. The molecule has 7 nitrogen and oxygen atoms in total. The first kappa shape index (κ1) is 25.4. The van der Waals surface area contributed by atoms with E-state index in [4.69, 9.17) is 9.84 Å². The van der Waals surface area contributed by atoms with E-state index in [1.165, 1.54) is 11.0 Å². The number of methoxy groups -OCH3 is 1. The highest BCUT2D eigenvalue weighted by Crippen LogP contribution is 2.34. The number of carboxylic acid groups (broad SMARTS) is 1. The van der Waals surface area contributed by atoms with Gasteiger partial charge in [0, 0.05) is 25.1 Å². The molecule has 0 saturated carbocycles. The van der Waals surface area contributed by atoms with Crippen LogP contribution in [-0.4, -0.2) is 49.5 Å². The third-order valence-electron chi connectivity index (χ3n) is 5.97. The van der Waals surface area contributed by atoms with Crippen molar-refractivity contribution >= 4 is 36.7 Å². The number of fused-ring (bicyclic) bond motifs is 1. The lowest BCUT2D eigenvalue weighted by Crippen LogP contribution is -2.45. The van der Waals surface area contributed by atoms with Gasteiger partial charge in [0.05, 0.1) is 15.2 Å². The quantitative estimate of drug-likeness (QED) is 0.555. The Labute approximate surface area is 199 Å². The molecule has 0 unspecified atom stereocenters. The molecule has 1 aliphatic heterocycles. The molecule has 9 heteroatoms. The van der Waals surface area contributed by atoms with Crippen LogP contribution in [0.3, 0.4) is 0 Å². The van der Waals surface area contributed by atoms with Crippen LogP contribution in [0.15, 0.2) is 36.4 Å². The zero-order valence-corrected chi connectivity index (χ0v) is 21.0. The molecule has 2 aromatic rings. The lowest BCUT2D eigenvalue weighted by atomic mass is 9.91. The van der Waals surface area contributed by atoms with Crippen molar-refractivity contribution in [3.8, 4) is 5.75 Å². The van der Waals surface area contributed by atoms with E-state index in [1.807, 2.05) is 25.7 Å². The summed E-state index contributed by atoms with van der Waals surface area (Å²) in [6, 6.07) is 9.17. The maximum Gasteiger partial charge on any atom is 0.303 e. The summed E-state index contributed by atoms with van der Waals surface area (Å²) in [7, 11) is -0.309. The van der Waals surface area contributed by atoms with Crippen LogP contribution in [-0.2, 0) is 20.8 Å².